The van der Waals surface area contributed by atoms with Crippen LogP contribution in [0.1, 0.15) is 27.7 Å². The number of ether oxygens (including phenoxy) is 3. The van der Waals surface area contributed by atoms with Crippen LogP contribution in [-0.4, -0.2) is 38.3 Å². The first-order valence-electron chi connectivity index (χ1n) is 5.32. The minimum atomic E-state index is -0.309. The second-order valence-electron chi connectivity index (χ2n) is 4.26. The van der Waals surface area contributed by atoms with Crippen LogP contribution in [0.4, 0.5) is 0 Å². The summed E-state index contributed by atoms with van der Waals surface area (Å²) in [7, 11) is 1.64. The van der Waals surface area contributed by atoms with Gasteiger partial charge in [0.25, 0.3) is 0 Å². The van der Waals surface area contributed by atoms with Gasteiger partial charge in [-0.05, 0) is 27.7 Å². The number of ketones is 1. The molecule has 0 amide bonds. The zero-order chi connectivity index (χ0) is 12.6. The highest BCUT2D eigenvalue weighted by molar-refractivity contribution is 5.87. The first-order valence-corrected chi connectivity index (χ1v) is 5.32. The highest BCUT2D eigenvalue weighted by Crippen LogP contribution is 2.09. The number of carbonyl (C=O) groups is 1. The Morgan fingerprint density at radius 2 is 1.88 bits per heavy atom. The fraction of sp³-hybridized carbons (Fsp3) is 0.750. The Bertz CT molecular complexity index is 243. The van der Waals surface area contributed by atoms with Crippen molar-refractivity contribution in [3.63, 3.8) is 0 Å². The standard InChI is InChI=1S/C12H22O4/c1-10(13)8-11(2)15-6-7-16-12(3,4)9-14-5/h8H,6-7,9H2,1-5H3/b11-8-. The van der Waals surface area contributed by atoms with E-state index in [0.717, 1.165) is 0 Å². The molecule has 0 atom stereocenters. The maximum Gasteiger partial charge on any atom is 0.155 e. The molecule has 94 valence electrons. The van der Waals surface area contributed by atoms with E-state index < -0.39 is 0 Å². The summed E-state index contributed by atoms with van der Waals surface area (Å²) in [5.41, 5.74) is -0.309. The molecule has 0 spiro atoms. The molecule has 0 aliphatic rings. The number of carbonyl (C=O) groups excluding carboxylic acids is 1. The number of allylic oxidation sites excluding steroid dienone is 2. The molecule has 0 radical (unpaired) electrons. The van der Waals surface area contributed by atoms with Crippen molar-refractivity contribution >= 4 is 5.78 Å². The van der Waals surface area contributed by atoms with E-state index in [-0.39, 0.29) is 11.4 Å². The Balaban J connectivity index is 3.72. The van der Waals surface area contributed by atoms with Gasteiger partial charge < -0.3 is 14.2 Å². The predicted molar refractivity (Wildman–Crippen MR) is 62.3 cm³/mol. The maximum absolute atomic E-state index is 10.7. The Hall–Kier alpha value is -0.870. The molecule has 0 aliphatic carbocycles. The summed E-state index contributed by atoms with van der Waals surface area (Å²) in [6.45, 7) is 8.59. The van der Waals surface area contributed by atoms with Crippen molar-refractivity contribution in [3.8, 4) is 0 Å². The van der Waals surface area contributed by atoms with Crippen molar-refractivity contribution in [1.29, 1.82) is 0 Å². The van der Waals surface area contributed by atoms with Crippen molar-refractivity contribution < 1.29 is 19.0 Å². The van der Waals surface area contributed by atoms with Crippen molar-refractivity contribution in [1.82, 2.24) is 0 Å². The van der Waals surface area contributed by atoms with Crippen molar-refractivity contribution in [2.75, 3.05) is 26.9 Å². The van der Waals surface area contributed by atoms with E-state index in [1.807, 2.05) is 13.8 Å². The molecule has 0 aromatic carbocycles. The predicted octanol–water partition coefficient (Wildman–Crippen LogP) is 1.94. The van der Waals surface area contributed by atoms with E-state index in [1.165, 1.54) is 13.0 Å². The quantitative estimate of drug-likeness (QED) is 0.363. The molecule has 0 bridgehead atoms. The first kappa shape index (κ1) is 15.1. The second kappa shape index (κ2) is 7.41. The molecule has 0 heterocycles. The average molecular weight is 230 g/mol. The molecule has 0 rings (SSSR count). The second-order valence-corrected chi connectivity index (χ2v) is 4.26. The van der Waals surface area contributed by atoms with Gasteiger partial charge in [0.05, 0.1) is 24.6 Å². The summed E-state index contributed by atoms with van der Waals surface area (Å²) < 4.78 is 15.9. The molecule has 0 aromatic heterocycles. The Morgan fingerprint density at radius 3 is 2.38 bits per heavy atom. The van der Waals surface area contributed by atoms with E-state index >= 15 is 0 Å². The third-order valence-corrected chi connectivity index (χ3v) is 1.80. The van der Waals surface area contributed by atoms with E-state index in [2.05, 4.69) is 0 Å². The average Bonchev–Trinajstić information content (AvgIpc) is 2.11. The lowest BCUT2D eigenvalue weighted by Crippen LogP contribution is -2.31. The topological polar surface area (TPSA) is 44.8 Å². The van der Waals surface area contributed by atoms with E-state index in [0.29, 0.717) is 25.6 Å². The summed E-state index contributed by atoms with van der Waals surface area (Å²) in [6, 6.07) is 0. The third-order valence-electron chi connectivity index (χ3n) is 1.80. The Labute approximate surface area is 97.6 Å². The highest BCUT2D eigenvalue weighted by atomic mass is 16.6. The molecule has 0 aromatic rings. The van der Waals surface area contributed by atoms with Crippen LogP contribution >= 0.6 is 0 Å². The van der Waals surface area contributed by atoms with Crippen molar-refractivity contribution in [2.45, 2.75) is 33.3 Å². The van der Waals surface area contributed by atoms with Gasteiger partial charge in [0.1, 0.15) is 6.61 Å². The summed E-state index contributed by atoms with van der Waals surface area (Å²) >= 11 is 0. The smallest absolute Gasteiger partial charge is 0.155 e. The van der Waals surface area contributed by atoms with Gasteiger partial charge in [0.15, 0.2) is 5.78 Å². The van der Waals surface area contributed by atoms with Crippen LogP contribution in [0.3, 0.4) is 0 Å². The summed E-state index contributed by atoms with van der Waals surface area (Å²) in [5, 5.41) is 0. The van der Waals surface area contributed by atoms with E-state index in [9.17, 15) is 4.79 Å². The van der Waals surface area contributed by atoms with Gasteiger partial charge in [-0.3, -0.25) is 4.79 Å². The molecule has 16 heavy (non-hydrogen) atoms. The minimum Gasteiger partial charge on any atom is -0.496 e. The lowest BCUT2D eigenvalue weighted by atomic mass is 10.1. The summed E-state index contributed by atoms with van der Waals surface area (Å²) in [4.78, 5) is 10.7. The highest BCUT2D eigenvalue weighted by Gasteiger charge is 2.17. The van der Waals surface area contributed by atoms with Crippen LogP contribution in [0, 0.1) is 0 Å². The van der Waals surface area contributed by atoms with Gasteiger partial charge in [0, 0.05) is 13.2 Å². The Kier molecular flexibility index (Phi) is 7.01. The normalized spacial score (nSPS) is 12.7. The van der Waals surface area contributed by atoms with Crippen LogP contribution in [0.15, 0.2) is 11.8 Å². The molecule has 0 fully saturated rings. The molecular weight excluding hydrogens is 208 g/mol. The number of methoxy groups -OCH3 is 1. The number of hydrogen-bond acceptors (Lipinski definition) is 4. The molecule has 4 heteroatoms. The van der Waals surface area contributed by atoms with Crippen LogP contribution in [0.5, 0.6) is 0 Å². The van der Waals surface area contributed by atoms with Gasteiger partial charge in [0.2, 0.25) is 0 Å². The molecule has 0 N–H and O–H groups in total. The number of rotatable bonds is 8. The molecule has 0 saturated carbocycles. The minimum absolute atomic E-state index is 0.0156. The van der Waals surface area contributed by atoms with Gasteiger partial charge in [-0.25, -0.2) is 0 Å². The summed E-state index contributed by atoms with van der Waals surface area (Å²) in [5.74, 6) is 0.596. The van der Waals surface area contributed by atoms with Crippen LogP contribution in [0.2, 0.25) is 0 Å². The van der Waals surface area contributed by atoms with Crippen LogP contribution in [-0.2, 0) is 19.0 Å². The van der Waals surface area contributed by atoms with Crippen molar-refractivity contribution in [2.24, 2.45) is 0 Å². The monoisotopic (exact) mass is 230 g/mol. The maximum atomic E-state index is 10.7. The SMILES string of the molecule is COCC(C)(C)OCCO/C(C)=C\C(C)=O. The molecular formula is C12H22O4. The molecule has 0 unspecified atom stereocenters. The lowest BCUT2D eigenvalue weighted by molar-refractivity contribution is -0.112. The molecule has 0 saturated heterocycles. The fourth-order valence-corrected chi connectivity index (χ4v) is 1.24. The zero-order valence-electron chi connectivity index (χ0n) is 10.8. The van der Waals surface area contributed by atoms with Crippen molar-refractivity contribution in [3.05, 3.63) is 11.8 Å². The first-order chi connectivity index (χ1) is 7.37. The largest absolute Gasteiger partial charge is 0.496 e. The van der Waals surface area contributed by atoms with Crippen LogP contribution < -0.4 is 0 Å². The molecule has 0 aliphatic heterocycles. The van der Waals surface area contributed by atoms with Gasteiger partial charge in [-0.15, -0.1) is 0 Å². The van der Waals surface area contributed by atoms with E-state index in [1.54, 1.807) is 14.0 Å². The van der Waals surface area contributed by atoms with Gasteiger partial charge >= 0.3 is 0 Å². The third kappa shape index (κ3) is 8.44. The fourth-order valence-electron chi connectivity index (χ4n) is 1.24. The van der Waals surface area contributed by atoms with Gasteiger partial charge in [-0.2, -0.15) is 0 Å². The summed E-state index contributed by atoms with van der Waals surface area (Å²) in [6.07, 6.45) is 1.46. The zero-order valence-corrected chi connectivity index (χ0v) is 10.8. The number of hydrogen-bond donors (Lipinski definition) is 0. The molecule has 4 nitrogen and oxygen atoms in total. The lowest BCUT2D eigenvalue weighted by Gasteiger charge is -2.24. The van der Waals surface area contributed by atoms with Gasteiger partial charge in [-0.1, -0.05) is 0 Å². The van der Waals surface area contributed by atoms with E-state index in [4.69, 9.17) is 14.2 Å². The van der Waals surface area contributed by atoms with Crippen LogP contribution in [0.25, 0.3) is 0 Å². The Morgan fingerprint density at radius 1 is 1.25 bits per heavy atom.